The lowest BCUT2D eigenvalue weighted by molar-refractivity contribution is 0.114. The number of anilines is 1. The van der Waals surface area contributed by atoms with Gasteiger partial charge in [-0.2, -0.15) is 14.4 Å². The Bertz CT molecular complexity index is 886. The predicted molar refractivity (Wildman–Crippen MR) is 91.1 cm³/mol. The molecule has 2 fully saturated rings. The second-order valence-corrected chi connectivity index (χ2v) is 7.38. The minimum Gasteiger partial charge on any atom is -0.465 e. The van der Waals surface area contributed by atoms with Crippen molar-refractivity contribution < 1.29 is 18.7 Å². The molecule has 2 aliphatic rings. The number of aromatic nitrogens is 2. The molecule has 0 saturated carbocycles. The van der Waals surface area contributed by atoms with E-state index >= 15 is 0 Å². The third-order valence-corrected chi connectivity index (χ3v) is 6.08. The molecule has 1 amide bonds. The summed E-state index contributed by atoms with van der Waals surface area (Å²) in [5.41, 5.74) is -0.160. The minimum absolute atomic E-state index is 0.0153. The number of nitrogens with zero attached hydrogens (tertiary/aromatic N) is 4. The van der Waals surface area contributed by atoms with Crippen LogP contribution in [0, 0.1) is 11.9 Å². The highest BCUT2D eigenvalue weighted by molar-refractivity contribution is 9.10. The van der Waals surface area contributed by atoms with E-state index in [-0.39, 0.29) is 32.9 Å². The van der Waals surface area contributed by atoms with Gasteiger partial charge in [-0.1, -0.05) is 11.6 Å². The molecule has 2 unspecified atom stereocenters. The maximum atomic E-state index is 14.4. The van der Waals surface area contributed by atoms with Gasteiger partial charge in [-0.15, -0.1) is 0 Å². The molecule has 0 spiro atoms. The van der Waals surface area contributed by atoms with Crippen LogP contribution < -0.4 is 4.90 Å². The lowest BCUT2D eigenvalue weighted by atomic mass is 10.1. The van der Waals surface area contributed by atoms with Crippen LogP contribution in [0.1, 0.15) is 12.8 Å². The van der Waals surface area contributed by atoms with Crippen molar-refractivity contribution in [3.63, 3.8) is 0 Å². The SMILES string of the molecule is O=C(O)N1C2CCC1CN(c1nc(F)nc3c(F)c(Br)c(Cl)cc13)C2. The molecule has 0 radical (unpaired) electrons. The number of carboxylic acid groups (broad SMARTS) is 1. The first-order chi connectivity index (χ1) is 11.9. The summed E-state index contributed by atoms with van der Waals surface area (Å²) in [5.74, 6) is -0.519. The van der Waals surface area contributed by atoms with Crippen LogP contribution in [0.3, 0.4) is 0 Å². The monoisotopic (exact) mass is 432 g/mol. The summed E-state index contributed by atoms with van der Waals surface area (Å²) in [6.07, 6.45) is -0.522. The summed E-state index contributed by atoms with van der Waals surface area (Å²) in [5, 5.41) is 9.78. The van der Waals surface area contributed by atoms with Crippen LogP contribution in [0.5, 0.6) is 0 Å². The van der Waals surface area contributed by atoms with E-state index in [1.54, 1.807) is 4.90 Å². The highest BCUT2D eigenvalue weighted by Crippen LogP contribution is 2.38. The minimum atomic E-state index is -1.04. The Labute approximate surface area is 154 Å². The number of rotatable bonds is 1. The zero-order chi connectivity index (χ0) is 17.9. The highest BCUT2D eigenvalue weighted by Gasteiger charge is 2.43. The summed E-state index contributed by atoms with van der Waals surface area (Å²) in [6, 6.07) is 1.10. The van der Waals surface area contributed by atoms with Gasteiger partial charge < -0.3 is 10.0 Å². The van der Waals surface area contributed by atoms with E-state index in [0.29, 0.717) is 18.5 Å². The van der Waals surface area contributed by atoms with E-state index in [9.17, 15) is 18.7 Å². The number of piperazine rings is 1. The van der Waals surface area contributed by atoms with Crippen molar-refractivity contribution in [3.8, 4) is 0 Å². The number of hydrogen-bond donors (Lipinski definition) is 1. The summed E-state index contributed by atoms with van der Waals surface area (Å²) >= 11 is 9.06. The molecular formula is C15H12BrClF2N4O2. The van der Waals surface area contributed by atoms with Gasteiger partial charge in [-0.25, -0.2) is 9.18 Å². The number of benzene rings is 1. The average Bonchev–Trinajstić information content (AvgIpc) is 2.84. The standard InChI is InChI=1S/C15H12BrClF2N4O2/c16-10-9(17)3-8-12(11(10)18)20-14(19)21-13(8)22-4-6-1-2-7(5-22)23(6)15(24)25/h3,6-7H,1-2,4-5H2,(H,24,25). The van der Waals surface area contributed by atoms with Gasteiger partial charge in [0.15, 0.2) is 5.82 Å². The Kier molecular flexibility index (Phi) is 3.95. The molecule has 25 heavy (non-hydrogen) atoms. The van der Waals surface area contributed by atoms with Crippen molar-refractivity contribution in [1.29, 1.82) is 0 Å². The van der Waals surface area contributed by atoms with Gasteiger partial charge in [0.25, 0.3) is 0 Å². The number of amides is 1. The fourth-order valence-electron chi connectivity index (χ4n) is 3.76. The summed E-state index contributed by atoms with van der Waals surface area (Å²) in [4.78, 5) is 22.0. The molecule has 3 heterocycles. The number of hydrogen-bond acceptors (Lipinski definition) is 4. The second-order valence-electron chi connectivity index (χ2n) is 6.18. The van der Waals surface area contributed by atoms with E-state index in [1.165, 1.54) is 11.0 Å². The first kappa shape index (κ1) is 16.7. The van der Waals surface area contributed by atoms with Gasteiger partial charge in [0.2, 0.25) is 0 Å². The molecule has 2 aromatic rings. The Morgan fingerprint density at radius 2 is 1.92 bits per heavy atom. The largest absolute Gasteiger partial charge is 0.465 e. The van der Waals surface area contributed by atoms with Gasteiger partial charge in [-0.05, 0) is 34.8 Å². The first-order valence-electron chi connectivity index (χ1n) is 7.63. The molecule has 1 aromatic carbocycles. The molecule has 4 rings (SSSR count). The van der Waals surface area contributed by atoms with E-state index < -0.39 is 18.0 Å². The molecule has 2 aliphatic heterocycles. The Morgan fingerprint density at radius 3 is 2.52 bits per heavy atom. The molecule has 0 aliphatic carbocycles. The number of carbonyl (C=O) groups is 1. The van der Waals surface area contributed by atoms with Gasteiger partial charge >= 0.3 is 12.2 Å². The van der Waals surface area contributed by atoms with Crippen LogP contribution in [0.25, 0.3) is 10.9 Å². The maximum absolute atomic E-state index is 14.4. The second kappa shape index (κ2) is 5.91. The van der Waals surface area contributed by atoms with Gasteiger partial charge in [-0.3, -0.25) is 4.90 Å². The third kappa shape index (κ3) is 2.60. The molecule has 2 bridgehead atoms. The van der Waals surface area contributed by atoms with Gasteiger partial charge in [0, 0.05) is 18.5 Å². The van der Waals surface area contributed by atoms with Crippen LogP contribution >= 0.6 is 27.5 Å². The summed E-state index contributed by atoms with van der Waals surface area (Å²) < 4.78 is 28.4. The van der Waals surface area contributed by atoms with Crippen molar-refractivity contribution in [2.75, 3.05) is 18.0 Å². The van der Waals surface area contributed by atoms with Crippen molar-refractivity contribution in [2.45, 2.75) is 24.9 Å². The Morgan fingerprint density at radius 1 is 1.28 bits per heavy atom. The number of fused-ring (bicyclic) bond motifs is 3. The van der Waals surface area contributed by atoms with Crippen LogP contribution in [0.2, 0.25) is 5.02 Å². The predicted octanol–water partition coefficient (Wildman–Crippen LogP) is 3.65. The summed E-state index contributed by atoms with van der Waals surface area (Å²) in [7, 11) is 0. The molecular weight excluding hydrogens is 422 g/mol. The van der Waals surface area contributed by atoms with Crippen LogP contribution in [-0.4, -0.2) is 51.2 Å². The molecule has 2 atom stereocenters. The first-order valence-corrected chi connectivity index (χ1v) is 8.81. The lowest BCUT2D eigenvalue weighted by Gasteiger charge is -2.40. The zero-order valence-electron chi connectivity index (χ0n) is 12.7. The normalized spacial score (nSPS) is 22.7. The molecule has 132 valence electrons. The molecule has 1 N–H and O–H groups in total. The van der Waals surface area contributed by atoms with Crippen molar-refractivity contribution in [1.82, 2.24) is 14.9 Å². The maximum Gasteiger partial charge on any atom is 0.407 e. The van der Waals surface area contributed by atoms with E-state index in [0.717, 1.165) is 12.8 Å². The van der Waals surface area contributed by atoms with E-state index in [2.05, 4.69) is 25.9 Å². The van der Waals surface area contributed by atoms with Gasteiger partial charge in [0.05, 0.1) is 21.6 Å². The number of halogens is 4. The summed E-state index contributed by atoms with van der Waals surface area (Å²) in [6.45, 7) is 0.729. The average molecular weight is 434 g/mol. The van der Waals surface area contributed by atoms with Crippen molar-refractivity contribution >= 4 is 50.3 Å². The molecule has 10 heteroatoms. The van der Waals surface area contributed by atoms with E-state index in [1.807, 2.05) is 0 Å². The third-order valence-electron chi connectivity index (χ3n) is 4.78. The van der Waals surface area contributed by atoms with Crippen molar-refractivity contribution in [3.05, 3.63) is 27.5 Å². The fourth-order valence-corrected chi connectivity index (χ4v) is 4.25. The zero-order valence-corrected chi connectivity index (χ0v) is 15.1. The van der Waals surface area contributed by atoms with Crippen LogP contribution in [0.4, 0.5) is 19.4 Å². The Hall–Kier alpha value is -1.74. The molecule has 1 aromatic heterocycles. The Balaban J connectivity index is 1.82. The lowest BCUT2D eigenvalue weighted by Crippen LogP contribution is -2.55. The fraction of sp³-hybridized carbons (Fsp3) is 0.400. The van der Waals surface area contributed by atoms with E-state index in [4.69, 9.17) is 11.6 Å². The van der Waals surface area contributed by atoms with Gasteiger partial charge in [0.1, 0.15) is 11.3 Å². The highest BCUT2D eigenvalue weighted by atomic mass is 79.9. The molecule has 2 saturated heterocycles. The smallest absolute Gasteiger partial charge is 0.407 e. The van der Waals surface area contributed by atoms with Crippen molar-refractivity contribution in [2.24, 2.45) is 0 Å². The topological polar surface area (TPSA) is 69.6 Å². The van der Waals surface area contributed by atoms with Crippen LogP contribution in [0.15, 0.2) is 10.5 Å². The molecule has 6 nitrogen and oxygen atoms in total. The van der Waals surface area contributed by atoms with Crippen LogP contribution in [-0.2, 0) is 0 Å². The quantitative estimate of drug-likeness (QED) is 0.549.